The molecule has 0 fully saturated rings. The average molecular weight is 257 g/mol. The van der Waals surface area contributed by atoms with Crippen LogP contribution < -0.4 is 0 Å². The summed E-state index contributed by atoms with van der Waals surface area (Å²) in [7, 11) is 0. The van der Waals surface area contributed by atoms with Crippen molar-refractivity contribution in [2.75, 3.05) is 0 Å². The first kappa shape index (κ1) is 13.8. The number of hydrogen-bond donors (Lipinski definition) is 0. The Hall–Kier alpha value is -1.64. The summed E-state index contributed by atoms with van der Waals surface area (Å²) in [5.41, 5.74) is 3.59. The molecule has 0 saturated heterocycles. The molecule has 0 spiro atoms. The number of nitrogens with zero attached hydrogens (tertiary/aromatic N) is 3. The van der Waals surface area contributed by atoms with Gasteiger partial charge in [-0.1, -0.05) is 58.9 Å². The quantitative estimate of drug-likeness (QED) is 0.776. The molecule has 0 amide bonds. The van der Waals surface area contributed by atoms with E-state index in [-0.39, 0.29) is 10.8 Å². The minimum atomic E-state index is 0.0313. The highest BCUT2D eigenvalue weighted by atomic mass is 15.4. The summed E-state index contributed by atoms with van der Waals surface area (Å²) in [4.78, 5) is 0. The van der Waals surface area contributed by atoms with Crippen molar-refractivity contribution in [3.05, 3.63) is 41.7 Å². The van der Waals surface area contributed by atoms with E-state index < -0.39 is 0 Å². The Labute approximate surface area is 115 Å². The van der Waals surface area contributed by atoms with E-state index in [1.54, 1.807) is 0 Å². The minimum absolute atomic E-state index is 0.0313. The van der Waals surface area contributed by atoms with Crippen LogP contribution in [-0.4, -0.2) is 15.0 Å². The standard InChI is InChI=1S/C16H23N3/c1-15(2,3)12-7-9-13(10-8-12)19-11-14(17-18-19)16(4,5)6/h7-11H,1-6H3. The predicted octanol–water partition coefficient (Wildman–Crippen LogP) is 3.86. The summed E-state index contributed by atoms with van der Waals surface area (Å²) in [6.45, 7) is 13.1. The van der Waals surface area contributed by atoms with Crippen molar-refractivity contribution in [2.24, 2.45) is 0 Å². The van der Waals surface area contributed by atoms with Gasteiger partial charge in [0.1, 0.15) is 0 Å². The van der Waals surface area contributed by atoms with Gasteiger partial charge < -0.3 is 0 Å². The van der Waals surface area contributed by atoms with Crippen molar-refractivity contribution in [2.45, 2.75) is 52.4 Å². The van der Waals surface area contributed by atoms with Crippen LogP contribution in [0.4, 0.5) is 0 Å². The third-order valence-electron chi connectivity index (χ3n) is 3.26. The van der Waals surface area contributed by atoms with Crippen LogP contribution in [0, 0.1) is 0 Å². The molecule has 3 nitrogen and oxygen atoms in total. The molecule has 0 bridgehead atoms. The lowest BCUT2D eigenvalue weighted by molar-refractivity contribution is 0.566. The fraction of sp³-hybridized carbons (Fsp3) is 0.500. The molecule has 0 N–H and O–H groups in total. The van der Waals surface area contributed by atoms with Gasteiger partial charge in [-0.2, -0.15) is 0 Å². The molecule has 0 atom stereocenters. The molecule has 102 valence electrons. The molecule has 1 heterocycles. The monoisotopic (exact) mass is 257 g/mol. The maximum absolute atomic E-state index is 4.25. The highest BCUT2D eigenvalue weighted by molar-refractivity contribution is 5.36. The van der Waals surface area contributed by atoms with E-state index >= 15 is 0 Å². The van der Waals surface area contributed by atoms with Gasteiger partial charge in [0.2, 0.25) is 0 Å². The second kappa shape index (κ2) is 4.48. The van der Waals surface area contributed by atoms with Gasteiger partial charge in [0.15, 0.2) is 0 Å². The third kappa shape index (κ3) is 3.03. The number of hydrogen-bond acceptors (Lipinski definition) is 2. The van der Waals surface area contributed by atoms with Crippen molar-refractivity contribution in [1.82, 2.24) is 15.0 Å². The lowest BCUT2D eigenvalue weighted by atomic mass is 9.87. The van der Waals surface area contributed by atoms with Crippen LogP contribution in [0.15, 0.2) is 30.5 Å². The fourth-order valence-corrected chi connectivity index (χ4v) is 1.85. The minimum Gasteiger partial charge on any atom is -0.220 e. The van der Waals surface area contributed by atoms with Crippen LogP contribution in [-0.2, 0) is 10.8 Å². The summed E-state index contributed by atoms with van der Waals surface area (Å²) >= 11 is 0. The average Bonchev–Trinajstić information content (AvgIpc) is 2.77. The molecule has 0 aliphatic heterocycles. The lowest BCUT2D eigenvalue weighted by Gasteiger charge is -2.19. The molecule has 2 rings (SSSR count). The van der Waals surface area contributed by atoms with E-state index in [0.29, 0.717) is 0 Å². The van der Waals surface area contributed by atoms with Gasteiger partial charge in [0.05, 0.1) is 17.6 Å². The molecular formula is C16H23N3. The molecule has 19 heavy (non-hydrogen) atoms. The first-order chi connectivity index (χ1) is 8.68. The largest absolute Gasteiger partial charge is 0.220 e. The highest BCUT2D eigenvalue weighted by Gasteiger charge is 2.18. The number of rotatable bonds is 1. The molecule has 0 unspecified atom stereocenters. The predicted molar refractivity (Wildman–Crippen MR) is 78.8 cm³/mol. The van der Waals surface area contributed by atoms with Crippen molar-refractivity contribution in [3.8, 4) is 5.69 Å². The second-order valence-electron chi connectivity index (χ2n) is 7.10. The maximum Gasteiger partial charge on any atom is 0.0885 e. The van der Waals surface area contributed by atoms with Gasteiger partial charge in [-0.3, -0.25) is 0 Å². The van der Waals surface area contributed by atoms with E-state index in [1.807, 2.05) is 10.9 Å². The molecule has 2 aromatic rings. The van der Waals surface area contributed by atoms with Crippen molar-refractivity contribution in [1.29, 1.82) is 0 Å². The molecule has 0 radical (unpaired) electrons. The molecule has 1 aromatic carbocycles. The zero-order valence-corrected chi connectivity index (χ0v) is 12.7. The number of benzene rings is 1. The Balaban J connectivity index is 2.31. The van der Waals surface area contributed by atoms with Crippen molar-refractivity contribution in [3.63, 3.8) is 0 Å². The first-order valence-electron chi connectivity index (χ1n) is 6.72. The van der Waals surface area contributed by atoms with Crippen LogP contribution in [0.2, 0.25) is 0 Å². The van der Waals surface area contributed by atoms with E-state index in [4.69, 9.17) is 0 Å². The Kier molecular flexibility index (Phi) is 3.25. The van der Waals surface area contributed by atoms with Gasteiger partial charge in [0.25, 0.3) is 0 Å². The summed E-state index contributed by atoms with van der Waals surface area (Å²) in [5.74, 6) is 0. The van der Waals surface area contributed by atoms with Gasteiger partial charge in [-0.05, 0) is 23.1 Å². The molecule has 0 saturated carbocycles. The normalized spacial score (nSPS) is 12.7. The van der Waals surface area contributed by atoms with Crippen LogP contribution in [0.1, 0.15) is 52.8 Å². The Morgan fingerprint density at radius 2 is 1.42 bits per heavy atom. The molecule has 0 aliphatic carbocycles. The zero-order chi connectivity index (χ0) is 14.3. The number of aromatic nitrogens is 3. The Morgan fingerprint density at radius 3 is 1.84 bits per heavy atom. The third-order valence-corrected chi connectivity index (χ3v) is 3.26. The van der Waals surface area contributed by atoms with Crippen molar-refractivity contribution < 1.29 is 0 Å². The van der Waals surface area contributed by atoms with E-state index in [2.05, 4.69) is 76.1 Å². The Bertz CT molecular complexity index is 551. The van der Waals surface area contributed by atoms with Gasteiger partial charge in [0, 0.05) is 5.41 Å². The van der Waals surface area contributed by atoms with E-state index in [9.17, 15) is 0 Å². The second-order valence-corrected chi connectivity index (χ2v) is 7.10. The molecule has 3 heteroatoms. The smallest absolute Gasteiger partial charge is 0.0885 e. The van der Waals surface area contributed by atoms with Gasteiger partial charge in [-0.25, -0.2) is 4.68 Å². The topological polar surface area (TPSA) is 30.7 Å². The summed E-state index contributed by atoms with van der Waals surface area (Å²) < 4.78 is 1.84. The van der Waals surface area contributed by atoms with Gasteiger partial charge >= 0.3 is 0 Å². The summed E-state index contributed by atoms with van der Waals surface area (Å²) in [6, 6.07) is 8.52. The molecule has 1 aromatic heterocycles. The molecule has 0 aliphatic rings. The van der Waals surface area contributed by atoms with Crippen LogP contribution in [0.25, 0.3) is 5.69 Å². The van der Waals surface area contributed by atoms with Crippen molar-refractivity contribution >= 4 is 0 Å². The zero-order valence-electron chi connectivity index (χ0n) is 12.7. The Morgan fingerprint density at radius 1 is 0.842 bits per heavy atom. The van der Waals surface area contributed by atoms with E-state index in [0.717, 1.165) is 11.4 Å². The summed E-state index contributed by atoms with van der Waals surface area (Å²) in [6.07, 6.45) is 2.01. The maximum atomic E-state index is 4.25. The van der Waals surface area contributed by atoms with Gasteiger partial charge in [-0.15, -0.1) is 5.10 Å². The van der Waals surface area contributed by atoms with E-state index in [1.165, 1.54) is 5.56 Å². The highest BCUT2D eigenvalue weighted by Crippen LogP contribution is 2.24. The van der Waals surface area contributed by atoms with Crippen LogP contribution in [0.3, 0.4) is 0 Å². The fourth-order valence-electron chi connectivity index (χ4n) is 1.85. The van der Waals surface area contributed by atoms with Crippen LogP contribution >= 0.6 is 0 Å². The first-order valence-corrected chi connectivity index (χ1v) is 6.72. The summed E-state index contributed by atoms with van der Waals surface area (Å²) in [5, 5.41) is 8.46. The van der Waals surface area contributed by atoms with Crippen LogP contribution in [0.5, 0.6) is 0 Å². The SMILES string of the molecule is CC(C)(C)c1ccc(-n2cc(C(C)(C)C)nn2)cc1. The molecular weight excluding hydrogens is 234 g/mol. The lowest BCUT2D eigenvalue weighted by Crippen LogP contribution is -2.11.